The summed E-state index contributed by atoms with van der Waals surface area (Å²) in [6.45, 7) is 1.54. The molecule has 2 heterocycles. The van der Waals surface area contributed by atoms with Crippen LogP contribution in [0.25, 0.3) is 6.08 Å². The van der Waals surface area contributed by atoms with Gasteiger partial charge in [0.1, 0.15) is 5.76 Å². The number of nitrogens with zero attached hydrogens (tertiary/aromatic N) is 1. The lowest BCUT2D eigenvalue weighted by Crippen LogP contribution is -2.37. The lowest BCUT2D eigenvalue weighted by molar-refractivity contribution is -0.115. The monoisotopic (exact) mass is 383 g/mol. The molecule has 1 fully saturated rings. The van der Waals surface area contributed by atoms with Gasteiger partial charge in [0, 0.05) is 19.2 Å². The van der Waals surface area contributed by atoms with E-state index in [0.29, 0.717) is 17.0 Å². The lowest BCUT2D eigenvalue weighted by atomic mass is 10.1. The van der Waals surface area contributed by atoms with Crippen LogP contribution in [-0.4, -0.2) is 34.9 Å². The Morgan fingerprint density at radius 1 is 1.07 bits per heavy atom. The maximum absolute atomic E-state index is 12.8. The first-order valence-electron chi connectivity index (χ1n) is 8.85. The van der Waals surface area contributed by atoms with E-state index in [9.17, 15) is 9.59 Å². The van der Waals surface area contributed by atoms with Crippen LogP contribution in [0.2, 0.25) is 0 Å². The number of furan rings is 1. The summed E-state index contributed by atoms with van der Waals surface area (Å²) in [7, 11) is 0. The SMILES string of the molecule is O=C(C=Cc1ccco1)NC(=S)Nc1ccccc1C(=O)N1CCCCC1. The summed E-state index contributed by atoms with van der Waals surface area (Å²) in [5.41, 5.74) is 1.12. The molecule has 1 aliphatic heterocycles. The minimum Gasteiger partial charge on any atom is -0.465 e. The second-order valence-corrected chi connectivity index (χ2v) is 6.60. The minimum absolute atomic E-state index is 0.0235. The van der Waals surface area contributed by atoms with Gasteiger partial charge in [0.05, 0.1) is 17.5 Å². The number of amides is 2. The summed E-state index contributed by atoms with van der Waals surface area (Å²) in [4.78, 5) is 26.6. The quantitative estimate of drug-likeness (QED) is 0.625. The topological polar surface area (TPSA) is 74.6 Å². The standard InChI is InChI=1S/C20H21N3O3S/c24-18(11-10-15-7-6-14-26-15)22-20(27)21-17-9-3-2-8-16(17)19(25)23-12-4-1-5-13-23/h2-3,6-11,14H,1,4-5,12-13H2,(H2,21,22,24,27). The van der Waals surface area contributed by atoms with Gasteiger partial charge in [-0.1, -0.05) is 12.1 Å². The van der Waals surface area contributed by atoms with Gasteiger partial charge < -0.3 is 14.6 Å². The zero-order chi connectivity index (χ0) is 19.1. The first kappa shape index (κ1) is 18.8. The van der Waals surface area contributed by atoms with E-state index in [4.69, 9.17) is 16.6 Å². The van der Waals surface area contributed by atoms with Crippen molar-refractivity contribution in [1.29, 1.82) is 0 Å². The van der Waals surface area contributed by atoms with Gasteiger partial charge in [-0.15, -0.1) is 0 Å². The summed E-state index contributed by atoms with van der Waals surface area (Å²) in [5.74, 6) is 0.162. The Bertz CT molecular complexity index is 840. The number of carbonyl (C=O) groups excluding carboxylic acids is 2. The smallest absolute Gasteiger partial charge is 0.255 e. The predicted molar refractivity (Wildman–Crippen MR) is 108 cm³/mol. The van der Waals surface area contributed by atoms with E-state index in [-0.39, 0.29) is 16.9 Å². The van der Waals surface area contributed by atoms with Gasteiger partial charge in [-0.25, -0.2) is 0 Å². The second-order valence-electron chi connectivity index (χ2n) is 6.19. The number of benzene rings is 1. The summed E-state index contributed by atoms with van der Waals surface area (Å²) in [6, 6.07) is 10.6. The average molecular weight is 383 g/mol. The highest BCUT2D eigenvalue weighted by Crippen LogP contribution is 2.20. The molecular formula is C20H21N3O3S. The Kier molecular flexibility index (Phi) is 6.38. The molecule has 1 aliphatic rings. The van der Waals surface area contributed by atoms with Gasteiger partial charge in [-0.05, 0) is 61.8 Å². The average Bonchev–Trinajstić information content (AvgIpc) is 3.20. The van der Waals surface area contributed by atoms with Gasteiger partial charge in [-0.3, -0.25) is 14.9 Å². The number of carbonyl (C=O) groups is 2. The first-order valence-corrected chi connectivity index (χ1v) is 9.26. The van der Waals surface area contributed by atoms with Gasteiger partial charge in [0.25, 0.3) is 5.91 Å². The highest BCUT2D eigenvalue weighted by atomic mass is 32.1. The molecule has 6 nitrogen and oxygen atoms in total. The summed E-state index contributed by atoms with van der Waals surface area (Å²) in [5, 5.41) is 5.64. The third-order valence-corrected chi connectivity index (χ3v) is 4.43. The van der Waals surface area contributed by atoms with E-state index in [2.05, 4.69) is 10.6 Å². The zero-order valence-corrected chi connectivity index (χ0v) is 15.6. The van der Waals surface area contributed by atoms with Crippen molar-refractivity contribution in [1.82, 2.24) is 10.2 Å². The van der Waals surface area contributed by atoms with Crippen LogP contribution < -0.4 is 10.6 Å². The molecule has 0 saturated carbocycles. The summed E-state index contributed by atoms with van der Waals surface area (Å²) in [6.07, 6.45) is 7.62. The molecule has 27 heavy (non-hydrogen) atoms. The Balaban J connectivity index is 1.62. The largest absolute Gasteiger partial charge is 0.465 e. The van der Waals surface area contributed by atoms with E-state index in [1.807, 2.05) is 17.0 Å². The normalized spacial score (nSPS) is 14.1. The molecule has 0 unspecified atom stereocenters. The zero-order valence-electron chi connectivity index (χ0n) is 14.8. The molecule has 3 rings (SSSR count). The van der Waals surface area contributed by atoms with Crippen molar-refractivity contribution in [3.63, 3.8) is 0 Å². The van der Waals surface area contributed by atoms with E-state index in [0.717, 1.165) is 32.4 Å². The fourth-order valence-corrected chi connectivity index (χ4v) is 3.11. The lowest BCUT2D eigenvalue weighted by Gasteiger charge is -2.27. The molecule has 1 aromatic carbocycles. The molecule has 2 N–H and O–H groups in total. The van der Waals surface area contributed by atoms with Crippen LogP contribution in [0.5, 0.6) is 0 Å². The molecule has 0 radical (unpaired) electrons. The maximum Gasteiger partial charge on any atom is 0.255 e. The Morgan fingerprint density at radius 2 is 1.85 bits per heavy atom. The molecule has 1 aromatic heterocycles. The van der Waals surface area contributed by atoms with E-state index >= 15 is 0 Å². The highest BCUT2D eigenvalue weighted by molar-refractivity contribution is 7.80. The number of hydrogen-bond donors (Lipinski definition) is 2. The van der Waals surface area contributed by atoms with Crippen molar-refractivity contribution in [3.05, 3.63) is 60.1 Å². The van der Waals surface area contributed by atoms with Crippen molar-refractivity contribution in [2.45, 2.75) is 19.3 Å². The first-order chi connectivity index (χ1) is 13.1. The van der Waals surface area contributed by atoms with E-state index in [1.165, 1.54) is 12.3 Å². The fraction of sp³-hybridized carbons (Fsp3) is 0.250. The molecule has 0 bridgehead atoms. The number of anilines is 1. The number of thiocarbonyl (C=S) groups is 1. The summed E-state index contributed by atoms with van der Waals surface area (Å²) >= 11 is 5.20. The van der Waals surface area contributed by atoms with Gasteiger partial charge in [-0.2, -0.15) is 0 Å². The summed E-state index contributed by atoms with van der Waals surface area (Å²) < 4.78 is 5.13. The molecule has 0 spiro atoms. The molecule has 0 aliphatic carbocycles. The van der Waals surface area contributed by atoms with Crippen molar-refractivity contribution in [2.24, 2.45) is 0 Å². The van der Waals surface area contributed by atoms with Crippen LogP contribution in [0.15, 0.2) is 53.2 Å². The third kappa shape index (κ3) is 5.27. The van der Waals surface area contributed by atoms with Crippen LogP contribution in [0.4, 0.5) is 5.69 Å². The minimum atomic E-state index is -0.385. The fourth-order valence-electron chi connectivity index (χ4n) is 2.90. The van der Waals surface area contributed by atoms with Crippen LogP contribution in [-0.2, 0) is 4.79 Å². The van der Waals surface area contributed by atoms with Crippen molar-refractivity contribution in [3.8, 4) is 0 Å². The number of nitrogens with one attached hydrogen (secondary N) is 2. The third-order valence-electron chi connectivity index (χ3n) is 4.23. The van der Waals surface area contributed by atoms with Crippen molar-refractivity contribution < 1.29 is 14.0 Å². The number of hydrogen-bond acceptors (Lipinski definition) is 4. The van der Waals surface area contributed by atoms with Gasteiger partial charge in [0.2, 0.25) is 5.91 Å². The number of rotatable bonds is 4. The van der Waals surface area contributed by atoms with Crippen molar-refractivity contribution >= 4 is 40.9 Å². The second kappa shape index (κ2) is 9.14. The van der Waals surface area contributed by atoms with E-state index < -0.39 is 0 Å². The Hall–Kier alpha value is -2.93. The van der Waals surface area contributed by atoms with Gasteiger partial charge >= 0.3 is 0 Å². The number of likely N-dealkylation sites (tertiary alicyclic amines) is 1. The van der Waals surface area contributed by atoms with Gasteiger partial charge in [0.15, 0.2) is 5.11 Å². The number of piperidine rings is 1. The van der Waals surface area contributed by atoms with Crippen LogP contribution in [0.3, 0.4) is 0 Å². The molecule has 0 atom stereocenters. The molecular weight excluding hydrogens is 362 g/mol. The Morgan fingerprint density at radius 3 is 2.59 bits per heavy atom. The Labute approximate surface area is 163 Å². The number of para-hydroxylation sites is 1. The maximum atomic E-state index is 12.8. The molecule has 1 saturated heterocycles. The molecule has 140 valence electrons. The van der Waals surface area contributed by atoms with Crippen molar-refractivity contribution in [2.75, 3.05) is 18.4 Å². The molecule has 2 amide bonds. The predicted octanol–water partition coefficient (Wildman–Crippen LogP) is 3.43. The molecule has 7 heteroatoms. The molecule has 2 aromatic rings. The van der Waals surface area contributed by atoms with Crippen LogP contribution in [0.1, 0.15) is 35.4 Å². The van der Waals surface area contributed by atoms with Crippen LogP contribution >= 0.6 is 12.2 Å². The highest BCUT2D eigenvalue weighted by Gasteiger charge is 2.20. The van der Waals surface area contributed by atoms with Crippen LogP contribution in [0, 0.1) is 0 Å². The van der Waals surface area contributed by atoms with E-state index in [1.54, 1.807) is 30.3 Å².